The molecular formula is C18H19N3O5S. The molecule has 0 spiro atoms. The fourth-order valence-corrected chi connectivity index (χ4v) is 4.36. The maximum Gasteiger partial charge on any atom is 0.254 e. The van der Waals surface area contributed by atoms with E-state index in [1.807, 2.05) is 0 Å². The number of pyridine rings is 1. The maximum atomic E-state index is 12.8. The molecule has 3 rings (SSSR count). The second kappa shape index (κ2) is 7.45. The Morgan fingerprint density at radius 1 is 1.00 bits per heavy atom. The van der Waals surface area contributed by atoms with Crippen LogP contribution in [0.5, 0.6) is 0 Å². The van der Waals surface area contributed by atoms with Crippen LogP contribution in [0.25, 0.3) is 0 Å². The number of benzene rings is 1. The van der Waals surface area contributed by atoms with Crippen molar-refractivity contribution in [2.75, 3.05) is 26.2 Å². The number of sulfonamides is 1. The second-order valence-corrected chi connectivity index (χ2v) is 8.16. The molecule has 1 aromatic heterocycles. The van der Waals surface area contributed by atoms with Gasteiger partial charge in [0.2, 0.25) is 10.0 Å². The Kier molecular flexibility index (Phi) is 5.24. The molecule has 142 valence electrons. The molecule has 1 aliphatic rings. The van der Waals surface area contributed by atoms with E-state index in [2.05, 4.69) is 0 Å². The number of hydrogen-bond donors (Lipinski definition) is 0. The van der Waals surface area contributed by atoms with Crippen LogP contribution < -0.4 is 4.73 Å². The van der Waals surface area contributed by atoms with Crippen LogP contribution in [0.1, 0.15) is 27.6 Å². The van der Waals surface area contributed by atoms with E-state index in [-0.39, 0.29) is 42.8 Å². The van der Waals surface area contributed by atoms with E-state index in [4.69, 9.17) is 0 Å². The summed E-state index contributed by atoms with van der Waals surface area (Å²) < 4.78 is 27.5. The van der Waals surface area contributed by atoms with Crippen molar-refractivity contribution in [2.24, 2.45) is 0 Å². The number of nitrogens with zero attached hydrogens (tertiary/aromatic N) is 3. The van der Waals surface area contributed by atoms with E-state index in [1.165, 1.54) is 47.9 Å². The summed E-state index contributed by atoms with van der Waals surface area (Å²) in [6, 6.07) is 8.82. The first kappa shape index (κ1) is 19.0. The molecule has 27 heavy (non-hydrogen) atoms. The van der Waals surface area contributed by atoms with Crippen molar-refractivity contribution in [1.82, 2.24) is 9.21 Å². The van der Waals surface area contributed by atoms with E-state index >= 15 is 0 Å². The predicted molar refractivity (Wildman–Crippen MR) is 96.5 cm³/mol. The summed E-state index contributed by atoms with van der Waals surface area (Å²) in [5.74, 6) is -0.448. The molecule has 0 atom stereocenters. The monoisotopic (exact) mass is 389 g/mol. The summed E-state index contributed by atoms with van der Waals surface area (Å²) in [4.78, 5) is 25.6. The van der Waals surface area contributed by atoms with E-state index in [9.17, 15) is 23.2 Å². The lowest BCUT2D eigenvalue weighted by atomic mass is 10.2. The van der Waals surface area contributed by atoms with Crippen LogP contribution in [-0.4, -0.2) is 55.5 Å². The van der Waals surface area contributed by atoms with Crippen molar-refractivity contribution in [3.05, 3.63) is 65.1 Å². The molecule has 1 amide bonds. The van der Waals surface area contributed by atoms with Crippen molar-refractivity contribution in [3.8, 4) is 0 Å². The lowest BCUT2D eigenvalue weighted by Gasteiger charge is -2.34. The van der Waals surface area contributed by atoms with E-state index in [1.54, 1.807) is 17.0 Å². The average Bonchev–Trinajstić information content (AvgIpc) is 2.68. The Hall–Kier alpha value is -2.78. The topological polar surface area (TPSA) is 102 Å². The van der Waals surface area contributed by atoms with Crippen LogP contribution in [0.4, 0.5) is 0 Å². The summed E-state index contributed by atoms with van der Waals surface area (Å²) in [5, 5.41) is 11.1. The third kappa shape index (κ3) is 3.99. The number of amides is 1. The number of carbonyl (C=O) groups excluding carboxylic acids is 2. The van der Waals surface area contributed by atoms with Gasteiger partial charge in [-0.25, -0.2) is 8.42 Å². The van der Waals surface area contributed by atoms with Crippen LogP contribution in [-0.2, 0) is 10.0 Å². The minimum atomic E-state index is -3.74. The third-order valence-corrected chi connectivity index (χ3v) is 6.35. The van der Waals surface area contributed by atoms with Crippen molar-refractivity contribution in [3.63, 3.8) is 0 Å². The van der Waals surface area contributed by atoms with E-state index in [0.29, 0.717) is 15.9 Å². The van der Waals surface area contributed by atoms with E-state index < -0.39 is 10.0 Å². The summed E-state index contributed by atoms with van der Waals surface area (Å²) in [7, 11) is -3.74. The molecule has 0 aliphatic carbocycles. The Bertz CT molecular complexity index is 965. The molecule has 0 N–H and O–H groups in total. The zero-order valence-electron chi connectivity index (χ0n) is 14.7. The zero-order valence-corrected chi connectivity index (χ0v) is 15.6. The van der Waals surface area contributed by atoms with Crippen molar-refractivity contribution in [2.45, 2.75) is 11.8 Å². The van der Waals surface area contributed by atoms with Gasteiger partial charge in [0.25, 0.3) is 5.91 Å². The number of rotatable bonds is 4. The smallest absolute Gasteiger partial charge is 0.254 e. The van der Waals surface area contributed by atoms with Gasteiger partial charge in [0.1, 0.15) is 0 Å². The number of Topliss-reactive ketones (excluding diaryl/α,β-unsaturated/α-hetero) is 1. The van der Waals surface area contributed by atoms with Gasteiger partial charge in [-0.05, 0) is 19.1 Å². The SMILES string of the molecule is CC(=O)c1cccc(S(=O)(=O)N2CCN(C(=O)c3cc[n+]([O-])cc3)CC2)c1. The summed E-state index contributed by atoms with van der Waals surface area (Å²) in [6.07, 6.45) is 2.49. The first-order valence-corrected chi connectivity index (χ1v) is 9.82. The minimum Gasteiger partial charge on any atom is -0.619 e. The van der Waals surface area contributed by atoms with Gasteiger partial charge < -0.3 is 10.1 Å². The van der Waals surface area contributed by atoms with Gasteiger partial charge in [0, 0.05) is 43.9 Å². The highest BCUT2D eigenvalue weighted by Crippen LogP contribution is 2.20. The van der Waals surface area contributed by atoms with Crippen LogP contribution in [0.3, 0.4) is 0 Å². The first-order valence-electron chi connectivity index (χ1n) is 8.38. The number of carbonyl (C=O) groups is 2. The van der Waals surface area contributed by atoms with Crippen LogP contribution in [0.15, 0.2) is 53.7 Å². The molecular weight excluding hydrogens is 370 g/mol. The summed E-state index contributed by atoms with van der Waals surface area (Å²) in [5.41, 5.74) is 0.720. The van der Waals surface area contributed by atoms with Crippen molar-refractivity contribution < 1.29 is 22.7 Å². The average molecular weight is 389 g/mol. The van der Waals surface area contributed by atoms with Crippen LogP contribution in [0, 0.1) is 5.21 Å². The maximum absolute atomic E-state index is 12.8. The van der Waals surface area contributed by atoms with Crippen molar-refractivity contribution >= 4 is 21.7 Å². The molecule has 2 aromatic rings. The van der Waals surface area contributed by atoms with Crippen LogP contribution in [0.2, 0.25) is 0 Å². The Balaban J connectivity index is 1.71. The van der Waals surface area contributed by atoms with Crippen molar-refractivity contribution in [1.29, 1.82) is 0 Å². The lowest BCUT2D eigenvalue weighted by Crippen LogP contribution is -2.50. The predicted octanol–water partition coefficient (Wildman–Crippen LogP) is 0.669. The van der Waals surface area contributed by atoms with Gasteiger partial charge in [-0.3, -0.25) is 9.59 Å². The number of hydrogen-bond acceptors (Lipinski definition) is 5. The fraction of sp³-hybridized carbons (Fsp3) is 0.278. The highest BCUT2D eigenvalue weighted by Gasteiger charge is 2.30. The molecule has 0 unspecified atom stereocenters. The molecule has 8 nitrogen and oxygen atoms in total. The normalized spacial score (nSPS) is 15.5. The molecule has 0 bridgehead atoms. The molecule has 1 fully saturated rings. The summed E-state index contributed by atoms with van der Waals surface area (Å²) in [6.45, 7) is 2.20. The number of aromatic nitrogens is 1. The molecule has 1 saturated heterocycles. The third-order valence-electron chi connectivity index (χ3n) is 4.45. The number of ketones is 1. The number of piperazine rings is 1. The van der Waals surface area contributed by atoms with Gasteiger partial charge in [-0.15, -0.1) is 0 Å². The molecule has 2 heterocycles. The Morgan fingerprint density at radius 3 is 2.22 bits per heavy atom. The Morgan fingerprint density at radius 2 is 1.63 bits per heavy atom. The van der Waals surface area contributed by atoms with Gasteiger partial charge in [0.15, 0.2) is 18.2 Å². The van der Waals surface area contributed by atoms with Gasteiger partial charge in [-0.2, -0.15) is 9.04 Å². The van der Waals surface area contributed by atoms with Gasteiger partial charge >= 0.3 is 0 Å². The molecule has 0 radical (unpaired) electrons. The minimum absolute atomic E-state index is 0.0676. The lowest BCUT2D eigenvalue weighted by molar-refractivity contribution is -0.605. The van der Waals surface area contributed by atoms with E-state index in [0.717, 1.165) is 0 Å². The van der Waals surface area contributed by atoms with Crippen LogP contribution >= 0.6 is 0 Å². The highest BCUT2D eigenvalue weighted by molar-refractivity contribution is 7.89. The zero-order chi connectivity index (χ0) is 19.6. The molecule has 1 aromatic carbocycles. The van der Waals surface area contributed by atoms with Gasteiger partial charge in [-0.1, -0.05) is 12.1 Å². The largest absolute Gasteiger partial charge is 0.619 e. The fourth-order valence-electron chi connectivity index (χ4n) is 2.89. The van der Waals surface area contributed by atoms with Gasteiger partial charge in [0.05, 0.1) is 10.5 Å². The molecule has 9 heteroatoms. The highest BCUT2D eigenvalue weighted by atomic mass is 32.2. The molecule has 0 saturated carbocycles. The second-order valence-electron chi connectivity index (χ2n) is 6.23. The Labute approximate surface area is 157 Å². The summed E-state index contributed by atoms with van der Waals surface area (Å²) >= 11 is 0. The quantitative estimate of drug-likeness (QED) is 0.434. The first-order chi connectivity index (χ1) is 12.8. The standard InChI is InChI=1S/C18H19N3O5S/c1-14(22)16-3-2-4-17(13-16)27(25,26)21-11-9-19(10-12-21)18(23)15-5-7-20(24)8-6-15/h2-8,13H,9-12H2,1H3. The molecule has 1 aliphatic heterocycles.